The highest BCUT2D eigenvalue weighted by Gasteiger charge is 2.05. The van der Waals surface area contributed by atoms with Crippen molar-refractivity contribution in [3.8, 4) is 11.5 Å². The van der Waals surface area contributed by atoms with Crippen molar-refractivity contribution in [1.82, 2.24) is 0 Å². The standard InChI is InChI=1S/C22H21ClN2O3/c1-27-20-10-12-21(13-11-20)28-15-14-24-18-6-8-19(9-7-18)25-22(26)16-2-4-17(23)5-3-16/h2-13,24H,14-15H2,1H3,(H,25,26). The van der Waals surface area contributed by atoms with E-state index in [0.29, 0.717) is 23.7 Å². The summed E-state index contributed by atoms with van der Waals surface area (Å²) in [5.74, 6) is 1.42. The van der Waals surface area contributed by atoms with Crippen LogP contribution in [0.2, 0.25) is 5.02 Å². The summed E-state index contributed by atoms with van der Waals surface area (Å²) in [7, 11) is 1.63. The molecule has 3 aromatic rings. The summed E-state index contributed by atoms with van der Waals surface area (Å²) in [6.07, 6.45) is 0. The molecule has 0 heterocycles. The SMILES string of the molecule is COc1ccc(OCCNc2ccc(NC(=O)c3ccc(Cl)cc3)cc2)cc1. The fourth-order valence-corrected chi connectivity index (χ4v) is 2.64. The quantitative estimate of drug-likeness (QED) is 0.520. The Bertz CT molecular complexity index is 895. The van der Waals surface area contributed by atoms with E-state index < -0.39 is 0 Å². The number of methoxy groups -OCH3 is 1. The van der Waals surface area contributed by atoms with Gasteiger partial charge in [-0.2, -0.15) is 0 Å². The van der Waals surface area contributed by atoms with E-state index in [-0.39, 0.29) is 5.91 Å². The first kappa shape index (κ1) is 19.6. The highest BCUT2D eigenvalue weighted by Crippen LogP contribution is 2.18. The third-order valence-corrected chi connectivity index (χ3v) is 4.26. The van der Waals surface area contributed by atoms with Crippen molar-refractivity contribution in [1.29, 1.82) is 0 Å². The summed E-state index contributed by atoms with van der Waals surface area (Å²) in [6, 6.07) is 21.7. The van der Waals surface area contributed by atoms with Crippen LogP contribution in [0.4, 0.5) is 11.4 Å². The number of hydrogen-bond donors (Lipinski definition) is 2. The minimum Gasteiger partial charge on any atom is -0.497 e. The molecule has 5 nitrogen and oxygen atoms in total. The van der Waals surface area contributed by atoms with Gasteiger partial charge in [-0.3, -0.25) is 4.79 Å². The van der Waals surface area contributed by atoms with Crippen LogP contribution in [-0.4, -0.2) is 26.2 Å². The monoisotopic (exact) mass is 396 g/mol. The molecule has 0 atom stereocenters. The van der Waals surface area contributed by atoms with Crippen LogP contribution in [0, 0.1) is 0 Å². The summed E-state index contributed by atoms with van der Waals surface area (Å²) in [6.45, 7) is 1.18. The molecule has 0 aliphatic carbocycles. The Morgan fingerprint density at radius 2 is 1.46 bits per heavy atom. The lowest BCUT2D eigenvalue weighted by molar-refractivity contribution is 0.102. The molecular formula is C22H21ClN2O3. The van der Waals surface area contributed by atoms with E-state index in [0.717, 1.165) is 22.9 Å². The number of halogens is 1. The average Bonchev–Trinajstić information content (AvgIpc) is 2.73. The molecule has 0 saturated carbocycles. The molecule has 0 spiro atoms. The third-order valence-electron chi connectivity index (χ3n) is 4.01. The van der Waals surface area contributed by atoms with Gasteiger partial charge < -0.3 is 20.1 Å². The molecule has 0 saturated heterocycles. The number of ether oxygens (including phenoxy) is 2. The lowest BCUT2D eigenvalue weighted by Gasteiger charge is -2.10. The fourth-order valence-electron chi connectivity index (χ4n) is 2.51. The van der Waals surface area contributed by atoms with E-state index in [9.17, 15) is 4.79 Å². The maximum absolute atomic E-state index is 12.2. The average molecular weight is 397 g/mol. The van der Waals surface area contributed by atoms with Gasteiger partial charge in [-0.05, 0) is 72.8 Å². The third kappa shape index (κ3) is 5.66. The highest BCUT2D eigenvalue weighted by atomic mass is 35.5. The molecule has 0 radical (unpaired) electrons. The minimum atomic E-state index is -0.176. The topological polar surface area (TPSA) is 59.6 Å². The largest absolute Gasteiger partial charge is 0.497 e. The maximum Gasteiger partial charge on any atom is 0.255 e. The first-order valence-electron chi connectivity index (χ1n) is 8.82. The van der Waals surface area contributed by atoms with Crippen molar-refractivity contribution >= 4 is 28.9 Å². The molecule has 0 aliphatic rings. The molecule has 0 aliphatic heterocycles. The first-order chi connectivity index (χ1) is 13.6. The van der Waals surface area contributed by atoms with E-state index in [4.69, 9.17) is 21.1 Å². The second-order valence-electron chi connectivity index (χ2n) is 5.99. The molecule has 144 valence electrons. The number of amides is 1. The fraction of sp³-hybridized carbons (Fsp3) is 0.136. The van der Waals surface area contributed by atoms with Crippen molar-refractivity contribution in [2.24, 2.45) is 0 Å². The van der Waals surface area contributed by atoms with Gasteiger partial charge in [-0.15, -0.1) is 0 Å². The summed E-state index contributed by atoms with van der Waals surface area (Å²) < 4.78 is 10.8. The van der Waals surface area contributed by atoms with Crippen LogP contribution < -0.4 is 20.1 Å². The van der Waals surface area contributed by atoms with Crippen LogP contribution in [-0.2, 0) is 0 Å². The van der Waals surface area contributed by atoms with Gasteiger partial charge in [0.15, 0.2) is 0 Å². The van der Waals surface area contributed by atoms with Gasteiger partial charge in [0, 0.05) is 28.5 Å². The van der Waals surface area contributed by atoms with Gasteiger partial charge in [0.1, 0.15) is 18.1 Å². The molecule has 0 fully saturated rings. The molecule has 2 N–H and O–H groups in total. The smallest absolute Gasteiger partial charge is 0.255 e. The van der Waals surface area contributed by atoms with Crippen molar-refractivity contribution in [2.45, 2.75) is 0 Å². The van der Waals surface area contributed by atoms with E-state index in [1.165, 1.54) is 0 Å². The Morgan fingerprint density at radius 1 is 0.857 bits per heavy atom. The Kier molecular flexibility index (Phi) is 6.76. The van der Waals surface area contributed by atoms with Crippen LogP contribution >= 0.6 is 11.6 Å². The molecule has 3 aromatic carbocycles. The van der Waals surface area contributed by atoms with Gasteiger partial charge in [0.05, 0.1) is 7.11 Å². The van der Waals surface area contributed by atoms with Gasteiger partial charge in [-0.1, -0.05) is 11.6 Å². The number of anilines is 2. The van der Waals surface area contributed by atoms with Gasteiger partial charge in [0.25, 0.3) is 5.91 Å². The van der Waals surface area contributed by atoms with Crippen LogP contribution in [0.25, 0.3) is 0 Å². The van der Waals surface area contributed by atoms with E-state index >= 15 is 0 Å². The van der Waals surface area contributed by atoms with E-state index in [2.05, 4.69) is 10.6 Å². The predicted octanol–water partition coefficient (Wildman–Crippen LogP) is 5.09. The number of benzene rings is 3. The summed E-state index contributed by atoms with van der Waals surface area (Å²) in [5.41, 5.74) is 2.23. The number of carbonyl (C=O) groups excluding carboxylic acids is 1. The van der Waals surface area contributed by atoms with E-state index in [1.807, 2.05) is 48.5 Å². The molecule has 28 heavy (non-hydrogen) atoms. The molecule has 0 aromatic heterocycles. The zero-order valence-corrected chi connectivity index (χ0v) is 16.2. The predicted molar refractivity (Wildman–Crippen MR) is 113 cm³/mol. The normalized spacial score (nSPS) is 10.2. The number of rotatable bonds is 8. The van der Waals surface area contributed by atoms with Crippen molar-refractivity contribution < 1.29 is 14.3 Å². The lowest BCUT2D eigenvalue weighted by atomic mass is 10.2. The lowest BCUT2D eigenvalue weighted by Crippen LogP contribution is -2.12. The number of hydrogen-bond acceptors (Lipinski definition) is 4. The van der Waals surface area contributed by atoms with Crippen LogP contribution in [0.15, 0.2) is 72.8 Å². The summed E-state index contributed by atoms with van der Waals surface area (Å²) >= 11 is 5.84. The Hall–Kier alpha value is -3.18. The molecule has 0 unspecified atom stereocenters. The Morgan fingerprint density at radius 3 is 2.11 bits per heavy atom. The Labute approximate surface area is 169 Å². The van der Waals surface area contributed by atoms with Crippen LogP contribution in [0.1, 0.15) is 10.4 Å². The maximum atomic E-state index is 12.2. The molecule has 0 bridgehead atoms. The van der Waals surface area contributed by atoms with Crippen molar-refractivity contribution in [3.63, 3.8) is 0 Å². The Balaban J connectivity index is 1.43. The summed E-state index contributed by atoms with van der Waals surface area (Å²) in [4.78, 5) is 12.2. The van der Waals surface area contributed by atoms with Crippen LogP contribution in [0.3, 0.4) is 0 Å². The first-order valence-corrected chi connectivity index (χ1v) is 9.19. The second kappa shape index (κ2) is 9.67. The molecular weight excluding hydrogens is 376 g/mol. The molecule has 1 amide bonds. The minimum absolute atomic E-state index is 0.176. The highest BCUT2D eigenvalue weighted by molar-refractivity contribution is 6.30. The number of nitrogens with one attached hydrogen (secondary N) is 2. The van der Waals surface area contributed by atoms with Crippen LogP contribution in [0.5, 0.6) is 11.5 Å². The van der Waals surface area contributed by atoms with Crippen molar-refractivity contribution in [3.05, 3.63) is 83.4 Å². The van der Waals surface area contributed by atoms with Gasteiger partial charge >= 0.3 is 0 Å². The zero-order valence-electron chi connectivity index (χ0n) is 15.4. The van der Waals surface area contributed by atoms with Crippen molar-refractivity contribution in [2.75, 3.05) is 30.9 Å². The molecule has 6 heteroatoms. The zero-order chi connectivity index (χ0) is 19.8. The number of carbonyl (C=O) groups is 1. The van der Waals surface area contributed by atoms with Gasteiger partial charge in [-0.25, -0.2) is 0 Å². The summed E-state index contributed by atoms with van der Waals surface area (Å²) in [5, 5.41) is 6.74. The second-order valence-corrected chi connectivity index (χ2v) is 6.43. The van der Waals surface area contributed by atoms with E-state index in [1.54, 1.807) is 31.4 Å². The molecule has 3 rings (SSSR count). The van der Waals surface area contributed by atoms with Gasteiger partial charge in [0.2, 0.25) is 0 Å².